The average molecular weight is 197 g/mol. The van der Waals surface area contributed by atoms with Gasteiger partial charge >= 0.3 is 6.09 Å². The van der Waals surface area contributed by atoms with E-state index in [0.29, 0.717) is 12.8 Å². The first-order valence-electron chi connectivity index (χ1n) is 3.47. The number of halogens is 1. The predicted octanol–water partition coefficient (Wildman–Crippen LogP) is -0.472. The van der Waals surface area contributed by atoms with Crippen LogP contribution in [-0.2, 0) is 0 Å². The first-order chi connectivity index (χ1) is 5.02. The second-order valence-corrected chi connectivity index (χ2v) is 3.05. The summed E-state index contributed by atoms with van der Waals surface area (Å²) in [6.07, 6.45) is -0.153. The number of rotatable bonds is 2. The number of hydrogen-bond acceptors (Lipinski definition) is 3. The zero-order valence-electron chi connectivity index (χ0n) is 6.49. The van der Waals surface area contributed by atoms with Crippen molar-refractivity contribution >= 4 is 18.5 Å². The van der Waals surface area contributed by atoms with Crippen molar-refractivity contribution in [2.45, 2.75) is 24.5 Å². The molecule has 5 nitrogen and oxygen atoms in total. The molecule has 0 unspecified atom stereocenters. The Bertz CT molecular complexity index is 170. The van der Waals surface area contributed by atoms with Crippen molar-refractivity contribution in [2.24, 2.45) is 5.73 Å². The summed E-state index contributed by atoms with van der Waals surface area (Å²) in [6.45, 7) is 0.0794. The van der Waals surface area contributed by atoms with Crippen molar-refractivity contribution in [3.05, 3.63) is 0 Å². The van der Waals surface area contributed by atoms with Crippen LogP contribution in [0.1, 0.15) is 12.8 Å². The molecule has 1 rings (SSSR count). The summed E-state index contributed by atoms with van der Waals surface area (Å²) in [5.41, 5.74) is 4.53. The first-order valence-corrected chi connectivity index (χ1v) is 3.47. The van der Waals surface area contributed by atoms with E-state index in [2.05, 4.69) is 5.32 Å². The van der Waals surface area contributed by atoms with Crippen LogP contribution in [0.3, 0.4) is 0 Å². The van der Waals surface area contributed by atoms with Crippen molar-refractivity contribution in [3.63, 3.8) is 0 Å². The Morgan fingerprint density at radius 3 is 2.50 bits per heavy atom. The lowest BCUT2D eigenvalue weighted by atomic mass is 9.76. The Morgan fingerprint density at radius 1 is 1.67 bits per heavy atom. The molecule has 1 amide bonds. The molecule has 0 aromatic rings. The zero-order chi connectivity index (χ0) is 8.48. The topological polar surface area (TPSA) is 95.6 Å². The second-order valence-electron chi connectivity index (χ2n) is 3.05. The summed E-state index contributed by atoms with van der Waals surface area (Å²) in [6, 6.07) is 0.0237. The van der Waals surface area contributed by atoms with E-state index in [-0.39, 0.29) is 25.0 Å². The fourth-order valence-electron chi connectivity index (χ4n) is 1.30. The van der Waals surface area contributed by atoms with Gasteiger partial charge in [0.2, 0.25) is 0 Å². The first kappa shape index (κ1) is 11.5. The van der Waals surface area contributed by atoms with Gasteiger partial charge in [-0.15, -0.1) is 12.4 Å². The molecule has 72 valence electrons. The monoisotopic (exact) mass is 196 g/mol. The number of hydrogen-bond donors (Lipinski definition) is 4. The maximum absolute atomic E-state index is 10.0. The molecule has 0 heterocycles. The minimum absolute atomic E-state index is 0. The molecule has 5 N–H and O–H groups in total. The third-order valence-corrected chi connectivity index (χ3v) is 1.85. The summed E-state index contributed by atoms with van der Waals surface area (Å²) in [5.74, 6) is 0. The van der Waals surface area contributed by atoms with Crippen LogP contribution in [0.5, 0.6) is 0 Å². The van der Waals surface area contributed by atoms with Gasteiger partial charge in [-0.2, -0.15) is 0 Å². The lowest BCUT2D eigenvalue weighted by molar-refractivity contribution is -0.0432. The van der Waals surface area contributed by atoms with Crippen molar-refractivity contribution in [2.75, 3.05) is 6.54 Å². The molecule has 0 atom stereocenters. The molecule has 0 aromatic carbocycles. The Balaban J connectivity index is 0.00000121. The quantitative estimate of drug-likeness (QED) is 0.480. The Hall–Kier alpha value is -0.520. The normalized spacial score (nSPS) is 33.0. The number of nitrogens with one attached hydrogen (secondary N) is 1. The molecule has 12 heavy (non-hydrogen) atoms. The van der Waals surface area contributed by atoms with Gasteiger partial charge in [-0.1, -0.05) is 0 Å². The van der Waals surface area contributed by atoms with Gasteiger partial charge in [0.05, 0.1) is 5.60 Å². The van der Waals surface area contributed by atoms with Crippen molar-refractivity contribution in [3.8, 4) is 0 Å². The standard InChI is InChI=1S/C6H12N2O3.ClH/c7-4-1-6(11,2-4)3-8-5(9)10;/h4,8,11H,1-3,7H2,(H,9,10);1H. The average Bonchev–Trinajstić information content (AvgIpc) is 1.81. The van der Waals surface area contributed by atoms with Gasteiger partial charge in [-0.05, 0) is 12.8 Å². The minimum Gasteiger partial charge on any atom is -0.465 e. The van der Waals surface area contributed by atoms with E-state index < -0.39 is 11.7 Å². The molecule has 1 aliphatic carbocycles. The Kier molecular flexibility index (Phi) is 3.76. The largest absolute Gasteiger partial charge is 0.465 e. The highest BCUT2D eigenvalue weighted by Crippen LogP contribution is 2.29. The second kappa shape index (κ2) is 3.93. The third kappa shape index (κ3) is 2.84. The molecule has 0 aromatic heterocycles. The van der Waals surface area contributed by atoms with Crippen molar-refractivity contribution in [1.29, 1.82) is 0 Å². The van der Waals surface area contributed by atoms with Crippen LogP contribution in [0.15, 0.2) is 0 Å². The maximum atomic E-state index is 10.0. The van der Waals surface area contributed by atoms with E-state index in [1.807, 2.05) is 0 Å². The highest BCUT2D eigenvalue weighted by Gasteiger charge is 2.40. The van der Waals surface area contributed by atoms with Gasteiger partial charge in [0.1, 0.15) is 0 Å². The minimum atomic E-state index is -1.11. The van der Waals surface area contributed by atoms with Gasteiger partial charge in [0, 0.05) is 12.6 Å². The summed E-state index contributed by atoms with van der Waals surface area (Å²) in [7, 11) is 0. The molecular formula is C6H13ClN2O3. The number of amides is 1. The van der Waals surface area contributed by atoms with Gasteiger partial charge < -0.3 is 21.3 Å². The molecule has 0 bridgehead atoms. The summed E-state index contributed by atoms with van der Waals surface area (Å²) in [5, 5.41) is 19.8. The fourth-order valence-corrected chi connectivity index (χ4v) is 1.30. The molecule has 0 spiro atoms. The van der Waals surface area contributed by atoms with Gasteiger partial charge in [-0.3, -0.25) is 0 Å². The summed E-state index contributed by atoms with van der Waals surface area (Å²) < 4.78 is 0. The van der Waals surface area contributed by atoms with Crippen LogP contribution >= 0.6 is 12.4 Å². The van der Waals surface area contributed by atoms with Crippen molar-refractivity contribution < 1.29 is 15.0 Å². The van der Waals surface area contributed by atoms with E-state index in [9.17, 15) is 9.90 Å². The molecule has 1 fully saturated rings. The van der Waals surface area contributed by atoms with E-state index in [1.54, 1.807) is 0 Å². The number of carbonyl (C=O) groups is 1. The van der Waals surface area contributed by atoms with Crippen LogP contribution in [0.25, 0.3) is 0 Å². The molecule has 0 aliphatic heterocycles. The summed E-state index contributed by atoms with van der Waals surface area (Å²) >= 11 is 0. The molecule has 6 heteroatoms. The number of carboxylic acid groups (broad SMARTS) is 1. The number of nitrogens with two attached hydrogens (primary N) is 1. The molecule has 0 saturated heterocycles. The van der Waals surface area contributed by atoms with E-state index >= 15 is 0 Å². The Labute approximate surface area is 76.4 Å². The molecule has 1 aliphatic rings. The van der Waals surface area contributed by atoms with Gasteiger partial charge in [-0.25, -0.2) is 4.79 Å². The van der Waals surface area contributed by atoms with Gasteiger partial charge in [0.15, 0.2) is 0 Å². The number of aliphatic hydroxyl groups is 1. The third-order valence-electron chi connectivity index (χ3n) is 1.85. The van der Waals surface area contributed by atoms with Crippen LogP contribution < -0.4 is 11.1 Å². The smallest absolute Gasteiger partial charge is 0.404 e. The lowest BCUT2D eigenvalue weighted by Gasteiger charge is -2.41. The fraction of sp³-hybridized carbons (Fsp3) is 0.833. The zero-order valence-corrected chi connectivity index (χ0v) is 7.30. The molecule has 0 radical (unpaired) electrons. The predicted molar refractivity (Wildman–Crippen MR) is 45.4 cm³/mol. The van der Waals surface area contributed by atoms with Gasteiger partial charge in [0.25, 0.3) is 0 Å². The molecular weight excluding hydrogens is 184 g/mol. The highest BCUT2D eigenvalue weighted by molar-refractivity contribution is 5.85. The van der Waals surface area contributed by atoms with E-state index in [1.165, 1.54) is 0 Å². The SMILES string of the molecule is Cl.NC1CC(O)(CNC(=O)O)C1. The highest BCUT2D eigenvalue weighted by atomic mass is 35.5. The van der Waals surface area contributed by atoms with Crippen LogP contribution in [0.2, 0.25) is 0 Å². The lowest BCUT2D eigenvalue weighted by Crippen LogP contribution is -2.57. The van der Waals surface area contributed by atoms with Crippen LogP contribution in [0.4, 0.5) is 4.79 Å². The summed E-state index contributed by atoms with van der Waals surface area (Å²) in [4.78, 5) is 10.0. The van der Waals surface area contributed by atoms with Crippen LogP contribution in [0, 0.1) is 0 Å². The Morgan fingerprint density at radius 2 is 2.17 bits per heavy atom. The van der Waals surface area contributed by atoms with Crippen molar-refractivity contribution in [1.82, 2.24) is 5.32 Å². The maximum Gasteiger partial charge on any atom is 0.404 e. The molecule has 1 saturated carbocycles. The van der Waals surface area contributed by atoms with E-state index in [0.717, 1.165) is 0 Å². The van der Waals surface area contributed by atoms with Crippen LogP contribution in [-0.4, -0.2) is 34.5 Å². The van der Waals surface area contributed by atoms with E-state index in [4.69, 9.17) is 10.8 Å².